The highest BCUT2D eigenvalue weighted by molar-refractivity contribution is 7.99. The molecule has 25 heavy (non-hydrogen) atoms. The number of nitrogens with one attached hydrogen (secondary N) is 2. The predicted molar refractivity (Wildman–Crippen MR) is 106 cm³/mol. The Morgan fingerprint density at radius 2 is 2.00 bits per heavy atom. The van der Waals surface area contributed by atoms with Crippen molar-refractivity contribution in [2.24, 2.45) is 0 Å². The van der Waals surface area contributed by atoms with E-state index in [4.69, 9.17) is 11.6 Å². The number of thioether (sulfide) groups is 1. The van der Waals surface area contributed by atoms with Crippen molar-refractivity contribution in [3.8, 4) is 0 Å². The quantitative estimate of drug-likeness (QED) is 0.849. The van der Waals surface area contributed by atoms with Gasteiger partial charge in [0.05, 0.1) is 0 Å². The molecule has 1 aliphatic carbocycles. The number of carbonyl (C=O) groups is 1. The Morgan fingerprint density at radius 3 is 2.76 bits per heavy atom. The van der Waals surface area contributed by atoms with Crippen LogP contribution in [-0.4, -0.2) is 52.5 Å². The van der Waals surface area contributed by atoms with Gasteiger partial charge in [0.15, 0.2) is 0 Å². The Kier molecular flexibility index (Phi) is 4.98. The number of rotatable bonds is 4. The molecular formula is C19H24ClN3OS. The SMILES string of the molecule is O=C(NCC1(N2CCSCC2)CCCC1)c1cc2cc(Cl)ccc2[nH]1. The zero-order valence-electron chi connectivity index (χ0n) is 14.3. The molecule has 0 atom stereocenters. The van der Waals surface area contributed by atoms with E-state index in [1.165, 1.54) is 37.2 Å². The van der Waals surface area contributed by atoms with Crippen LogP contribution >= 0.6 is 23.4 Å². The summed E-state index contributed by atoms with van der Waals surface area (Å²) >= 11 is 8.07. The topological polar surface area (TPSA) is 48.1 Å². The van der Waals surface area contributed by atoms with Crippen LogP contribution in [0.3, 0.4) is 0 Å². The van der Waals surface area contributed by atoms with E-state index in [0.717, 1.165) is 30.5 Å². The first kappa shape index (κ1) is 17.3. The van der Waals surface area contributed by atoms with Crippen LogP contribution in [-0.2, 0) is 0 Å². The maximum absolute atomic E-state index is 12.7. The summed E-state index contributed by atoms with van der Waals surface area (Å²) in [5.74, 6) is 2.39. The lowest BCUT2D eigenvalue weighted by molar-refractivity contribution is 0.0814. The summed E-state index contributed by atoms with van der Waals surface area (Å²) in [6.07, 6.45) is 4.93. The van der Waals surface area contributed by atoms with Crippen LogP contribution in [0.1, 0.15) is 36.2 Å². The van der Waals surface area contributed by atoms with Gasteiger partial charge in [0.2, 0.25) is 0 Å². The average Bonchev–Trinajstić information content (AvgIpc) is 3.28. The number of benzene rings is 1. The van der Waals surface area contributed by atoms with E-state index >= 15 is 0 Å². The first-order valence-corrected chi connectivity index (χ1v) is 10.6. The number of halogens is 1. The summed E-state index contributed by atoms with van der Waals surface area (Å²) in [5.41, 5.74) is 1.71. The van der Waals surface area contributed by atoms with E-state index in [2.05, 4.69) is 15.2 Å². The molecule has 4 rings (SSSR count). The first-order chi connectivity index (χ1) is 12.2. The van der Waals surface area contributed by atoms with E-state index in [0.29, 0.717) is 10.7 Å². The Balaban J connectivity index is 1.47. The number of hydrogen-bond donors (Lipinski definition) is 2. The fraction of sp³-hybridized carbons (Fsp3) is 0.526. The first-order valence-electron chi connectivity index (χ1n) is 9.06. The molecule has 2 heterocycles. The van der Waals surface area contributed by atoms with Crippen LogP contribution in [0.5, 0.6) is 0 Å². The molecule has 2 N–H and O–H groups in total. The second kappa shape index (κ2) is 7.22. The van der Waals surface area contributed by atoms with Crippen molar-refractivity contribution >= 4 is 40.2 Å². The molecule has 134 valence electrons. The molecule has 1 aliphatic heterocycles. The lowest BCUT2D eigenvalue weighted by Gasteiger charge is -2.43. The van der Waals surface area contributed by atoms with E-state index < -0.39 is 0 Å². The molecule has 1 aromatic heterocycles. The third-order valence-corrected chi connectivity index (χ3v) is 6.80. The van der Waals surface area contributed by atoms with Crippen LogP contribution in [0.25, 0.3) is 10.9 Å². The normalized spacial score (nSPS) is 20.8. The minimum atomic E-state index is -0.0232. The Bertz CT molecular complexity index is 763. The zero-order valence-corrected chi connectivity index (χ0v) is 15.9. The molecule has 1 aromatic carbocycles. The number of hydrogen-bond acceptors (Lipinski definition) is 3. The monoisotopic (exact) mass is 377 g/mol. The maximum atomic E-state index is 12.7. The van der Waals surface area contributed by atoms with Crippen molar-refractivity contribution in [2.45, 2.75) is 31.2 Å². The maximum Gasteiger partial charge on any atom is 0.267 e. The second-order valence-corrected chi connectivity index (χ2v) is 8.79. The van der Waals surface area contributed by atoms with Crippen LogP contribution in [0, 0.1) is 0 Å². The number of carbonyl (C=O) groups excluding carboxylic acids is 1. The van der Waals surface area contributed by atoms with Gasteiger partial charge in [-0.1, -0.05) is 24.4 Å². The molecule has 0 bridgehead atoms. The molecule has 0 spiro atoms. The van der Waals surface area contributed by atoms with E-state index in [1.54, 1.807) is 0 Å². The number of aromatic amines is 1. The van der Waals surface area contributed by atoms with Gasteiger partial charge in [-0.05, 0) is 37.1 Å². The molecule has 6 heteroatoms. The predicted octanol–water partition coefficient (Wildman–Crippen LogP) is 3.91. The van der Waals surface area contributed by atoms with Crippen molar-refractivity contribution in [1.29, 1.82) is 0 Å². The Morgan fingerprint density at radius 1 is 1.24 bits per heavy atom. The molecule has 1 amide bonds. The molecule has 0 unspecified atom stereocenters. The lowest BCUT2D eigenvalue weighted by atomic mass is 9.94. The van der Waals surface area contributed by atoms with Crippen molar-refractivity contribution in [3.05, 3.63) is 35.0 Å². The van der Waals surface area contributed by atoms with Crippen molar-refractivity contribution in [1.82, 2.24) is 15.2 Å². The van der Waals surface area contributed by atoms with Gasteiger partial charge < -0.3 is 10.3 Å². The third-order valence-electron chi connectivity index (χ3n) is 5.62. The van der Waals surface area contributed by atoms with Crippen molar-refractivity contribution < 1.29 is 4.79 Å². The number of aromatic nitrogens is 1. The van der Waals surface area contributed by atoms with Gasteiger partial charge in [0, 0.05) is 52.6 Å². The smallest absolute Gasteiger partial charge is 0.267 e. The summed E-state index contributed by atoms with van der Waals surface area (Å²) in [6, 6.07) is 7.52. The highest BCUT2D eigenvalue weighted by atomic mass is 35.5. The summed E-state index contributed by atoms with van der Waals surface area (Å²) in [5, 5.41) is 4.86. The van der Waals surface area contributed by atoms with Gasteiger partial charge in [-0.3, -0.25) is 9.69 Å². The number of nitrogens with zero attached hydrogens (tertiary/aromatic N) is 1. The van der Waals surface area contributed by atoms with E-state index in [9.17, 15) is 4.79 Å². The Labute approximate surface area is 157 Å². The molecule has 2 aromatic rings. The minimum absolute atomic E-state index is 0.0232. The fourth-order valence-corrected chi connectivity index (χ4v) is 5.33. The molecule has 2 aliphatic rings. The van der Waals surface area contributed by atoms with Crippen LogP contribution in [0.15, 0.2) is 24.3 Å². The Hall–Kier alpha value is -1.17. The average molecular weight is 378 g/mol. The van der Waals surface area contributed by atoms with Gasteiger partial charge >= 0.3 is 0 Å². The molecule has 0 radical (unpaired) electrons. The van der Waals surface area contributed by atoms with E-state index in [1.807, 2.05) is 36.0 Å². The molecule has 2 fully saturated rings. The summed E-state index contributed by atoms with van der Waals surface area (Å²) in [6.45, 7) is 3.03. The second-order valence-electron chi connectivity index (χ2n) is 7.13. The van der Waals surface area contributed by atoms with Crippen molar-refractivity contribution in [2.75, 3.05) is 31.1 Å². The van der Waals surface area contributed by atoms with Gasteiger partial charge in [0.1, 0.15) is 5.69 Å². The number of fused-ring (bicyclic) bond motifs is 1. The highest BCUT2D eigenvalue weighted by Crippen LogP contribution is 2.36. The van der Waals surface area contributed by atoms with Gasteiger partial charge in [-0.2, -0.15) is 11.8 Å². The standard InChI is InChI=1S/C19H24ClN3OS/c20-15-3-4-16-14(11-15)12-17(22-16)18(24)21-13-19(5-1-2-6-19)23-7-9-25-10-8-23/h3-4,11-12,22H,1-2,5-10,13H2,(H,21,24). The van der Waals surface area contributed by atoms with Gasteiger partial charge in [-0.15, -0.1) is 0 Å². The number of H-pyrrole nitrogens is 1. The van der Waals surface area contributed by atoms with E-state index in [-0.39, 0.29) is 11.4 Å². The van der Waals surface area contributed by atoms with Gasteiger partial charge in [0.25, 0.3) is 5.91 Å². The van der Waals surface area contributed by atoms with Crippen LogP contribution < -0.4 is 5.32 Å². The molecule has 1 saturated heterocycles. The summed E-state index contributed by atoms with van der Waals surface area (Å²) < 4.78 is 0. The fourth-order valence-electron chi connectivity index (χ4n) is 4.24. The van der Waals surface area contributed by atoms with Gasteiger partial charge in [-0.25, -0.2) is 0 Å². The molecule has 1 saturated carbocycles. The van der Waals surface area contributed by atoms with Crippen LogP contribution in [0.4, 0.5) is 0 Å². The molecular weight excluding hydrogens is 354 g/mol. The molecule has 4 nitrogen and oxygen atoms in total. The lowest BCUT2D eigenvalue weighted by Crippen LogP contribution is -2.56. The third kappa shape index (κ3) is 3.55. The largest absolute Gasteiger partial charge is 0.351 e. The summed E-state index contributed by atoms with van der Waals surface area (Å²) in [4.78, 5) is 18.5. The summed E-state index contributed by atoms with van der Waals surface area (Å²) in [7, 11) is 0. The highest BCUT2D eigenvalue weighted by Gasteiger charge is 2.40. The number of amides is 1. The minimum Gasteiger partial charge on any atom is -0.351 e. The van der Waals surface area contributed by atoms with Crippen molar-refractivity contribution in [3.63, 3.8) is 0 Å². The zero-order chi connectivity index (χ0) is 17.3. The van der Waals surface area contributed by atoms with Crippen LogP contribution in [0.2, 0.25) is 5.02 Å².